The summed E-state index contributed by atoms with van der Waals surface area (Å²) < 4.78 is 56.1. The van der Waals surface area contributed by atoms with Crippen LogP contribution in [-0.2, 0) is 16.8 Å². The zero-order chi connectivity index (χ0) is 26.3. The third kappa shape index (κ3) is 3.21. The molecule has 7 rings (SSSR count). The van der Waals surface area contributed by atoms with Crippen molar-refractivity contribution in [1.82, 2.24) is 9.55 Å². The van der Waals surface area contributed by atoms with E-state index in [0.717, 1.165) is 38.4 Å². The van der Waals surface area contributed by atoms with Crippen molar-refractivity contribution in [3.8, 4) is 22.9 Å². The first-order valence-corrected chi connectivity index (χ1v) is 13.4. The minimum atomic E-state index is -3.58. The zero-order valence-electron chi connectivity index (χ0n) is 21.7. The lowest BCUT2D eigenvalue weighted by Gasteiger charge is -2.58. The van der Waals surface area contributed by atoms with Gasteiger partial charge in [-0.15, -0.1) is 0 Å². The standard InChI is InChI=1S/C26H27N3O4S/c1-29-14-22(19-5-6-28-24(19)25(29)30)20-9-18(34(2,31)32)3-4-23(20)33-26-10-15-7-16(11-26)21(13-27)17(8-15)12-26/h3-6,9,14-17,21,28H,7-8,10-12H2,1-2H3/i1D3. The molecule has 176 valence electrons. The molecule has 2 heterocycles. The van der Waals surface area contributed by atoms with E-state index in [9.17, 15) is 18.5 Å². The number of hydrogen-bond donors (Lipinski definition) is 1. The van der Waals surface area contributed by atoms with Crippen LogP contribution in [0.3, 0.4) is 0 Å². The summed E-state index contributed by atoms with van der Waals surface area (Å²) in [6.07, 6.45) is 8.41. The molecule has 1 N–H and O–H groups in total. The van der Waals surface area contributed by atoms with Gasteiger partial charge in [0.25, 0.3) is 5.56 Å². The second kappa shape index (κ2) is 7.22. The number of H-pyrrole nitrogens is 1. The van der Waals surface area contributed by atoms with E-state index in [1.807, 2.05) is 0 Å². The van der Waals surface area contributed by atoms with Gasteiger partial charge in [0.2, 0.25) is 0 Å². The van der Waals surface area contributed by atoms with Crippen molar-refractivity contribution < 1.29 is 17.3 Å². The third-order valence-electron chi connectivity index (χ3n) is 8.09. The van der Waals surface area contributed by atoms with Crippen molar-refractivity contribution >= 4 is 20.7 Å². The number of rotatable bonds is 4. The molecule has 8 heteroatoms. The van der Waals surface area contributed by atoms with Gasteiger partial charge in [0.1, 0.15) is 16.9 Å². The summed E-state index contributed by atoms with van der Waals surface area (Å²) in [4.78, 5) is 15.8. The van der Waals surface area contributed by atoms with Crippen LogP contribution >= 0.6 is 0 Å². The van der Waals surface area contributed by atoms with E-state index in [-0.39, 0.29) is 28.2 Å². The SMILES string of the molecule is [2H]C([2H])([2H])n1cc(-c2cc(S(C)(=O)=O)ccc2OC23CC4CC(C2)C(C#N)C(C4)C3)c2cc[nH]c2c1=O. The number of aryl methyl sites for hydroxylation is 1. The molecule has 4 bridgehead atoms. The number of nitrogens with zero attached hydrogens (tertiary/aromatic N) is 2. The third-order valence-corrected chi connectivity index (χ3v) is 9.20. The van der Waals surface area contributed by atoms with Crippen molar-refractivity contribution in [3.05, 3.63) is 47.0 Å². The number of hydrogen-bond acceptors (Lipinski definition) is 5. The van der Waals surface area contributed by atoms with Gasteiger partial charge in [-0.2, -0.15) is 5.26 Å². The van der Waals surface area contributed by atoms with Crippen LogP contribution < -0.4 is 10.3 Å². The van der Waals surface area contributed by atoms with Gasteiger partial charge >= 0.3 is 0 Å². The lowest BCUT2D eigenvalue weighted by Crippen LogP contribution is -2.57. The van der Waals surface area contributed by atoms with Crippen LogP contribution in [0.5, 0.6) is 5.75 Å². The first kappa shape index (κ1) is 18.3. The number of fused-ring (bicyclic) bond motifs is 1. The maximum atomic E-state index is 12.9. The van der Waals surface area contributed by atoms with Crippen LogP contribution in [0.2, 0.25) is 0 Å². The zero-order valence-corrected chi connectivity index (χ0v) is 19.6. The van der Waals surface area contributed by atoms with E-state index in [2.05, 4.69) is 11.1 Å². The van der Waals surface area contributed by atoms with Gasteiger partial charge < -0.3 is 14.3 Å². The fourth-order valence-electron chi connectivity index (χ4n) is 6.92. The summed E-state index contributed by atoms with van der Waals surface area (Å²) in [5.74, 6) is 1.55. The van der Waals surface area contributed by atoms with Crippen LogP contribution in [0, 0.1) is 35.0 Å². The van der Waals surface area contributed by atoms with Crippen LogP contribution in [0.15, 0.2) is 46.3 Å². The molecule has 34 heavy (non-hydrogen) atoms. The molecule has 0 spiro atoms. The van der Waals surface area contributed by atoms with Gasteiger partial charge in [0.05, 0.1) is 16.9 Å². The highest BCUT2D eigenvalue weighted by atomic mass is 32.2. The molecule has 4 aliphatic carbocycles. The molecule has 4 fully saturated rings. The van der Waals surface area contributed by atoms with E-state index in [1.165, 1.54) is 18.3 Å². The maximum absolute atomic E-state index is 12.9. The Balaban J connectivity index is 1.53. The van der Waals surface area contributed by atoms with Crippen molar-refractivity contribution in [2.75, 3.05) is 6.26 Å². The number of nitriles is 1. The van der Waals surface area contributed by atoms with E-state index in [1.54, 1.807) is 18.3 Å². The van der Waals surface area contributed by atoms with E-state index in [4.69, 9.17) is 8.85 Å². The summed E-state index contributed by atoms with van der Waals surface area (Å²) in [5, 5.41) is 10.2. The minimum absolute atomic E-state index is 0.0441. The predicted octanol–water partition coefficient (Wildman–Crippen LogP) is 4.03. The molecular weight excluding hydrogens is 450 g/mol. The molecule has 2 unspecified atom stereocenters. The highest BCUT2D eigenvalue weighted by Crippen LogP contribution is 2.59. The summed E-state index contributed by atoms with van der Waals surface area (Å²) >= 11 is 0. The largest absolute Gasteiger partial charge is 0.487 e. The first-order valence-electron chi connectivity index (χ1n) is 13.0. The van der Waals surface area contributed by atoms with Crippen LogP contribution in [0.1, 0.15) is 36.2 Å². The van der Waals surface area contributed by atoms with Crippen molar-refractivity contribution in [2.45, 2.75) is 42.6 Å². The lowest BCUT2D eigenvalue weighted by molar-refractivity contribution is -0.124. The van der Waals surface area contributed by atoms with E-state index in [0.29, 0.717) is 32.7 Å². The van der Waals surface area contributed by atoms with E-state index < -0.39 is 28.0 Å². The molecule has 3 aromatic rings. The average molecular weight is 481 g/mol. The molecule has 0 radical (unpaired) electrons. The average Bonchev–Trinajstić information content (AvgIpc) is 3.28. The summed E-state index contributed by atoms with van der Waals surface area (Å²) in [5.41, 5.74) is -0.212. The predicted molar refractivity (Wildman–Crippen MR) is 128 cm³/mol. The summed E-state index contributed by atoms with van der Waals surface area (Å²) in [6.45, 7) is -2.73. The van der Waals surface area contributed by atoms with Gasteiger partial charge in [-0.1, -0.05) is 0 Å². The normalized spacial score (nSPS) is 31.6. The monoisotopic (exact) mass is 480 g/mol. The fraction of sp³-hybridized carbons (Fsp3) is 0.462. The molecule has 2 atom stereocenters. The van der Waals surface area contributed by atoms with Gasteiger partial charge in [0, 0.05) is 46.3 Å². The molecule has 2 aromatic heterocycles. The molecule has 7 nitrogen and oxygen atoms in total. The second-order valence-electron chi connectivity index (χ2n) is 10.3. The van der Waals surface area contributed by atoms with Crippen LogP contribution in [0.25, 0.3) is 22.0 Å². The number of ether oxygens (including phenoxy) is 1. The van der Waals surface area contributed by atoms with Crippen molar-refractivity contribution in [1.29, 1.82) is 5.26 Å². The Morgan fingerprint density at radius 2 is 1.97 bits per heavy atom. The highest BCUT2D eigenvalue weighted by Gasteiger charge is 2.57. The van der Waals surface area contributed by atoms with Gasteiger partial charge in [-0.3, -0.25) is 4.79 Å². The lowest BCUT2D eigenvalue weighted by atomic mass is 9.50. The molecule has 0 saturated heterocycles. The molecule has 0 amide bonds. The Kier molecular flexibility index (Phi) is 3.89. The number of nitrogens with one attached hydrogen (secondary N) is 1. The topological polar surface area (TPSA) is 105 Å². The molecule has 0 aliphatic heterocycles. The number of aromatic nitrogens is 2. The Hall–Kier alpha value is -3.05. The number of benzene rings is 1. The molecule has 1 aromatic carbocycles. The van der Waals surface area contributed by atoms with Crippen molar-refractivity contribution in [3.63, 3.8) is 0 Å². The number of aromatic amines is 1. The smallest absolute Gasteiger partial charge is 0.274 e. The first-order chi connectivity index (χ1) is 17.4. The summed E-state index contributed by atoms with van der Waals surface area (Å²) in [7, 11) is -3.58. The Bertz CT molecular complexity index is 1620. The van der Waals surface area contributed by atoms with Crippen LogP contribution in [0.4, 0.5) is 0 Å². The molecule has 4 aliphatic rings. The molecular formula is C26H27N3O4S. The van der Waals surface area contributed by atoms with Gasteiger partial charge in [-0.25, -0.2) is 8.42 Å². The maximum Gasteiger partial charge on any atom is 0.274 e. The molecule has 4 saturated carbocycles. The minimum Gasteiger partial charge on any atom is -0.487 e. The number of pyridine rings is 1. The van der Waals surface area contributed by atoms with Gasteiger partial charge in [0.15, 0.2) is 9.84 Å². The Labute approximate surface area is 202 Å². The highest BCUT2D eigenvalue weighted by molar-refractivity contribution is 7.90. The second-order valence-corrected chi connectivity index (χ2v) is 12.3. The van der Waals surface area contributed by atoms with Gasteiger partial charge in [-0.05, 0) is 74.1 Å². The van der Waals surface area contributed by atoms with Crippen LogP contribution in [-0.4, -0.2) is 29.8 Å². The Morgan fingerprint density at radius 3 is 2.65 bits per heavy atom. The summed E-state index contributed by atoms with van der Waals surface area (Å²) in [6, 6.07) is 8.83. The van der Waals surface area contributed by atoms with E-state index >= 15 is 0 Å². The number of sulfone groups is 1. The quantitative estimate of drug-likeness (QED) is 0.607. The fourth-order valence-corrected chi connectivity index (χ4v) is 7.57. The Morgan fingerprint density at radius 1 is 1.21 bits per heavy atom. The van der Waals surface area contributed by atoms with Crippen molar-refractivity contribution in [2.24, 2.45) is 30.6 Å².